The second kappa shape index (κ2) is 7.02. The molecule has 2 atom stereocenters. The van der Waals surface area contributed by atoms with Crippen molar-refractivity contribution in [1.29, 1.82) is 0 Å². The first-order valence-electron chi connectivity index (χ1n) is 7.33. The molecule has 0 aliphatic heterocycles. The highest BCUT2D eigenvalue weighted by molar-refractivity contribution is 7.88. The molecule has 1 aliphatic carbocycles. The van der Waals surface area contributed by atoms with Crippen LogP contribution in [-0.4, -0.2) is 32.2 Å². The Morgan fingerprint density at radius 1 is 1.39 bits per heavy atom. The van der Waals surface area contributed by atoms with Gasteiger partial charge in [-0.3, -0.25) is 10.1 Å². The molecule has 1 aliphatic rings. The molecule has 23 heavy (non-hydrogen) atoms. The van der Waals surface area contributed by atoms with Gasteiger partial charge in [-0.25, -0.2) is 13.1 Å². The van der Waals surface area contributed by atoms with Gasteiger partial charge in [0.05, 0.1) is 21.9 Å². The largest absolute Gasteiger partial charge is 0.383 e. The van der Waals surface area contributed by atoms with E-state index in [1.54, 1.807) is 6.92 Å². The third kappa shape index (κ3) is 4.79. The standard InChI is InChI=1S/C14H20ClN3O4S/c1-9-6-11(18(19)20)7-12(15)14(9)16-8-10-4-3-5-13(10)17-23(2,21)22/h6-7,10,13,16-17H,3-5,8H2,1-2H3. The molecule has 2 rings (SSSR count). The van der Waals surface area contributed by atoms with Crippen LogP contribution in [0.5, 0.6) is 0 Å². The summed E-state index contributed by atoms with van der Waals surface area (Å²) in [5, 5.41) is 14.3. The maximum Gasteiger partial charge on any atom is 0.271 e. The number of non-ortho nitro benzene ring substituents is 1. The molecular formula is C14H20ClN3O4S. The van der Waals surface area contributed by atoms with Crippen molar-refractivity contribution >= 4 is 33.0 Å². The van der Waals surface area contributed by atoms with Crippen molar-refractivity contribution < 1.29 is 13.3 Å². The number of nitrogens with one attached hydrogen (secondary N) is 2. The van der Waals surface area contributed by atoms with Gasteiger partial charge in [0.2, 0.25) is 10.0 Å². The lowest BCUT2D eigenvalue weighted by molar-refractivity contribution is -0.384. The van der Waals surface area contributed by atoms with Crippen LogP contribution in [0.2, 0.25) is 5.02 Å². The van der Waals surface area contributed by atoms with E-state index < -0.39 is 14.9 Å². The molecule has 0 spiro atoms. The van der Waals surface area contributed by atoms with Gasteiger partial charge in [-0.2, -0.15) is 0 Å². The monoisotopic (exact) mass is 361 g/mol. The molecule has 1 saturated carbocycles. The molecular weight excluding hydrogens is 342 g/mol. The number of anilines is 1. The zero-order chi connectivity index (χ0) is 17.2. The lowest BCUT2D eigenvalue weighted by Crippen LogP contribution is -2.39. The number of aryl methyl sites for hydroxylation is 1. The molecule has 0 saturated heterocycles. The van der Waals surface area contributed by atoms with Crippen molar-refractivity contribution in [2.45, 2.75) is 32.2 Å². The molecule has 0 bridgehead atoms. The van der Waals surface area contributed by atoms with Crippen LogP contribution in [0, 0.1) is 23.0 Å². The number of benzene rings is 1. The molecule has 9 heteroatoms. The van der Waals surface area contributed by atoms with Crippen LogP contribution in [-0.2, 0) is 10.0 Å². The van der Waals surface area contributed by atoms with Gasteiger partial charge in [0.1, 0.15) is 0 Å². The molecule has 0 aromatic heterocycles. The number of hydrogen-bond acceptors (Lipinski definition) is 5. The number of rotatable bonds is 6. The Balaban J connectivity index is 2.07. The molecule has 0 radical (unpaired) electrons. The van der Waals surface area contributed by atoms with Crippen LogP contribution in [0.25, 0.3) is 0 Å². The molecule has 1 fully saturated rings. The predicted octanol–water partition coefficient (Wildman–Crippen LogP) is 2.69. The Kier molecular flexibility index (Phi) is 5.49. The van der Waals surface area contributed by atoms with Gasteiger partial charge in [-0.1, -0.05) is 18.0 Å². The van der Waals surface area contributed by atoms with Crippen molar-refractivity contribution in [3.63, 3.8) is 0 Å². The van der Waals surface area contributed by atoms with Crippen molar-refractivity contribution in [1.82, 2.24) is 4.72 Å². The van der Waals surface area contributed by atoms with Crippen molar-refractivity contribution in [3.05, 3.63) is 32.8 Å². The number of halogens is 1. The van der Waals surface area contributed by atoms with Crippen LogP contribution >= 0.6 is 11.6 Å². The average molecular weight is 362 g/mol. The molecule has 2 unspecified atom stereocenters. The summed E-state index contributed by atoms with van der Waals surface area (Å²) in [6.07, 6.45) is 3.86. The highest BCUT2D eigenvalue weighted by Gasteiger charge is 2.29. The Hall–Kier alpha value is -1.38. The second-order valence-electron chi connectivity index (χ2n) is 5.94. The minimum Gasteiger partial charge on any atom is -0.383 e. The molecule has 2 N–H and O–H groups in total. The van der Waals surface area contributed by atoms with Crippen LogP contribution in [0.1, 0.15) is 24.8 Å². The van der Waals surface area contributed by atoms with E-state index >= 15 is 0 Å². The van der Waals surface area contributed by atoms with E-state index in [2.05, 4.69) is 10.0 Å². The minimum absolute atomic E-state index is 0.0458. The van der Waals surface area contributed by atoms with E-state index in [1.807, 2.05) is 0 Å². The molecule has 128 valence electrons. The van der Waals surface area contributed by atoms with Crippen molar-refractivity contribution in [3.8, 4) is 0 Å². The second-order valence-corrected chi connectivity index (χ2v) is 8.13. The summed E-state index contributed by atoms with van der Waals surface area (Å²) < 4.78 is 25.5. The van der Waals surface area contributed by atoms with Gasteiger partial charge in [0, 0.05) is 24.7 Å². The van der Waals surface area contributed by atoms with Crippen molar-refractivity contribution in [2.75, 3.05) is 18.1 Å². The van der Waals surface area contributed by atoms with Crippen LogP contribution < -0.4 is 10.0 Å². The lowest BCUT2D eigenvalue weighted by atomic mass is 10.0. The highest BCUT2D eigenvalue weighted by Crippen LogP contribution is 2.32. The fourth-order valence-corrected chi connectivity index (χ4v) is 4.19. The predicted molar refractivity (Wildman–Crippen MR) is 90.4 cm³/mol. The normalized spacial score (nSPS) is 21.3. The fraction of sp³-hybridized carbons (Fsp3) is 0.571. The Morgan fingerprint density at radius 2 is 2.09 bits per heavy atom. The Bertz CT molecular complexity index is 685. The molecule has 7 nitrogen and oxygen atoms in total. The van der Waals surface area contributed by atoms with E-state index in [0.29, 0.717) is 22.8 Å². The summed E-state index contributed by atoms with van der Waals surface area (Å²) in [6, 6.07) is 2.70. The highest BCUT2D eigenvalue weighted by atomic mass is 35.5. The van der Waals surface area contributed by atoms with Gasteiger partial charge in [-0.15, -0.1) is 0 Å². The van der Waals surface area contributed by atoms with Gasteiger partial charge in [0.25, 0.3) is 5.69 Å². The lowest BCUT2D eigenvalue weighted by Gasteiger charge is -2.22. The van der Waals surface area contributed by atoms with Crippen LogP contribution in [0.3, 0.4) is 0 Å². The third-order valence-corrected chi connectivity index (χ3v) is 5.08. The van der Waals surface area contributed by atoms with Crippen LogP contribution in [0.4, 0.5) is 11.4 Å². The first-order chi connectivity index (χ1) is 10.7. The summed E-state index contributed by atoms with van der Waals surface area (Å²) in [6.45, 7) is 2.31. The summed E-state index contributed by atoms with van der Waals surface area (Å²) in [4.78, 5) is 10.3. The number of nitrogens with zero attached hydrogens (tertiary/aromatic N) is 1. The van der Waals surface area contributed by atoms with E-state index in [1.165, 1.54) is 12.1 Å². The first-order valence-corrected chi connectivity index (χ1v) is 9.60. The zero-order valence-corrected chi connectivity index (χ0v) is 14.6. The summed E-state index contributed by atoms with van der Waals surface area (Å²) >= 11 is 6.13. The smallest absolute Gasteiger partial charge is 0.271 e. The average Bonchev–Trinajstić information content (AvgIpc) is 2.82. The van der Waals surface area contributed by atoms with E-state index in [4.69, 9.17) is 11.6 Å². The summed E-state index contributed by atoms with van der Waals surface area (Å²) in [7, 11) is -3.23. The van der Waals surface area contributed by atoms with E-state index in [0.717, 1.165) is 25.5 Å². The Morgan fingerprint density at radius 3 is 2.65 bits per heavy atom. The van der Waals surface area contributed by atoms with Gasteiger partial charge in [-0.05, 0) is 31.2 Å². The first kappa shape index (κ1) is 18.0. The SMILES string of the molecule is Cc1cc([N+](=O)[O-])cc(Cl)c1NCC1CCCC1NS(C)(=O)=O. The van der Waals surface area contributed by atoms with Gasteiger partial charge < -0.3 is 5.32 Å². The summed E-state index contributed by atoms with van der Waals surface area (Å²) in [5.41, 5.74) is 1.30. The van der Waals surface area contributed by atoms with Crippen molar-refractivity contribution in [2.24, 2.45) is 5.92 Å². The van der Waals surface area contributed by atoms with Crippen LogP contribution in [0.15, 0.2) is 12.1 Å². The van der Waals surface area contributed by atoms with Gasteiger partial charge >= 0.3 is 0 Å². The zero-order valence-electron chi connectivity index (χ0n) is 13.0. The fourth-order valence-electron chi connectivity index (χ4n) is 3.00. The van der Waals surface area contributed by atoms with Gasteiger partial charge in [0.15, 0.2) is 0 Å². The Labute approximate surface area is 140 Å². The van der Waals surface area contributed by atoms with E-state index in [-0.39, 0.29) is 17.6 Å². The quantitative estimate of drug-likeness (QED) is 0.599. The maximum absolute atomic E-state index is 11.4. The number of sulfonamides is 1. The molecule has 0 heterocycles. The minimum atomic E-state index is -3.23. The van der Waals surface area contributed by atoms with E-state index in [9.17, 15) is 18.5 Å². The number of hydrogen-bond donors (Lipinski definition) is 2. The third-order valence-electron chi connectivity index (χ3n) is 4.05. The number of nitro groups is 1. The molecule has 1 aromatic rings. The maximum atomic E-state index is 11.4. The topological polar surface area (TPSA) is 101 Å². The number of nitro benzene ring substituents is 1. The molecule has 1 aromatic carbocycles. The summed E-state index contributed by atoms with van der Waals surface area (Å²) in [5.74, 6) is 0.162. The molecule has 0 amide bonds.